The number of nitrogens with one attached hydrogen (secondary N) is 1. The standard InChI is InChI=1S/C23H26N2O4/c1-5-7-12-29-19-10-8-17(9-11-19)13-18(14-24)22(26)20-15(3)25-16(4)21(20)23(27)28-6-2/h8-11,13,25H,5-7,12H2,1-4H3/b18-13+. The van der Waals surface area contributed by atoms with Crippen LogP contribution in [0, 0.1) is 25.2 Å². The maximum Gasteiger partial charge on any atom is 0.340 e. The first kappa shape index (κ1) is 22.0. The number of H-pyrrole nitrogens is 1. The zero-order valence-corrected chi connectivity index (χ0v) is 17.3. The van der Waals surface area contributed by atoms with E-state index in [1.165, 1.54) is 6.08 Å². The van der Waals surface area contributed by atoms with Gasteiger partial charge in [0.1, 0.15) is 17.4 Å². The number of unbranched alkanes of at least 4 members (excludes halogenated alkanes) is 1. The fourth-order valence-corrected chi connectivity index (χ4v) is 2.97. The van der Waals surface area contributed by atoms with Crippen molar-refractivity contribution < 1.29 is 19.1 Å². The normalized spacial score (nSPS) is 11.1. The van der Waals surface area contributed by atoms with Crippen LogP contribution in [0.2, 0.25) is 0 Å². The summed E-state index contributed by atoms with van der Waals surface area (Å²) in [4.78, 5) is 28.3. The molecule has 0 unspecified atom stereocenters. The zero-order chi connectivity index (χ0) is 21.4. The van der Waals surface area contributed by atoms with E-state index < -0.39 is 11.8 Å². The third-order valence-electron chi connectivity index (χ3n) is 4.40. The molecule has 0 fully saturated rings. The highest BCUT2D eigenvalue weighted by Gasteiger charge is 2.27. The maximum absolute atomic E-state index is 13.0. The molecular weight excluding hydrogens is 368 g/mol. The molecule has 0 saturated carbocycles. The van der Waals surface area contributed by atoms with Crippen molar-refractivity contribution in [3.63, 3.8) is 0 Å². The second kappa shape index (κ2) is 10.3. The van der Waals surface area contributed by atoms with Crippen LogP contribution in [-0.4, -0.2) is 30.0 Å². The van der Waals surface area contributed by atoms with Crippen LogP contribution in [0.3, 0.4) is 0 Å². The molecule has 1 aromatic heterocycles. The lowest BCUT2D eigenvalue weighted by molar-refractivity contribution is 0.0523. The number of esters is 1. The van der Waals surface area contributed by atoms with Gasteiger partial charge in [0.15, 0.2) is 0 Å². The first-order chi connectivity index (χ1) is 13.9. The van der Waals surface area contributed by atoms with E-state index >= 15 is 0 Å². The van der Waals surface area contributed by atoms with Crippen molar-refractivity contribution in [3.8, 4) is 11.8 Å². The van der Waals surface area contributed by atoms with Gasteiger partial charge < -0.3 is 14.5 Å². The van der Waals surface area contributed by atoms with Gasteiger partial charge in [0.2, 0.25) is 5.78 Å². The lowest BCUT2D eigenvalue weighted by atomic mass is 9.98. The van der Waals surface area contributed by atoms with Crippen LogP contribution >= 0.6 is 0 Å². The van der Waals surface area contributed by atoms with Crippen LogP contribution in [0.5, 0.6) is 5.75 Å². The van der Waals surface area contributed by atoms with Gasteiger partial charge in [0.25, 0.3) is 0 Å². The molecule has 152 valence electrons. The second-order valence-corrected chi connectivity index (χ2v) is 6.62. The van der Waals surface area contributed by atoms with Gasteiger partial charge in [0, 0.05) is 11.4 Å². The number of ether oxygens (including phenoxy) is 2. The van der Waals surface area contributed by atoms with E-state index in [9.17, 15) is 14.9 Å². The minimum atomic E-state index is -0.580. The summed E-state index contributed by atoms with van der Waals surface area (Å²) in [6, 6.07) is 9.13. The average molecular weight is 394 g/mol. The summed E-state index contributed by atoms with van der Waals surface area (Å²) in [6.45, 7) is 8.03. The quantitative estimate of drug-likeness (QED) is 0.217. The highest BCUT2D eigenvalue weighted by atomic mass is 16.5. The van der Waals surface area contributed by atoms with Gasteiger partial charge in [-0.05, 0) is 51.0 Å². The molecule has 1 aromatic carbocycles. The molecule has 2 rings (SSSR count). The van der Waals surface area contributed by atoms with Crippen LogP contribution in [-0.2, 0) is 4.74 Å². The van der Waals surface area contributed by atoms with E-state index in [-0.39, 0.29) is 23.3 Å². The molecule has 0 bridgehead atoms. The second-order valence-electron chi connectivity index (χ2n) is 6.62. The number of aromatic nitrogens is 1. The number of hydrogen-bond donors (Lipinski definition) is 1. The summed E-state index contributed by atoms with van der Waals surface area (Å²) < 4.78 is 10.7. The molecule has 0 saturated heterocycles. The number of nitriles is 1. The zero-order valence-electron chi connectivity index (χ0n) is 17.3. The lowest BCUT2D eigenvalue weighted by Gasteiger charge is -2.06. The van der Waals surface area contributed by atoms with Crippen LogP contribution in [0.4, 0.5) is 0 Å². The van der Waals surface area contributed by atoms with Crippen molar-refractivity contribution in [2.45, 2.75) is 40.5 Å². The number of rotatable bonds is 9. The molecule has 0 atom stereocenters. The average Bonchev–Trinajstić information content (AvgIpc) is 3.01. The molecule has 6 nitrogen and oxygen atoms in total. The van der Waals surface area contributed by atoms with E-state index in [1.807, 2.05) is 6.07 Å². The summed E-state index contributed by atoms with van der Waals surface area (Å²) >= 11 is 0. The molecule has 29 heavy (non-hydrogen) atoms. The van der Waals surface area contributed by atoms with E-state index in [2.05, 4.69) is 11.9 Å². The predicted octanol–water partition coefficient (Wildman–Crippen LogP) is 4.78. The Morgan fingerprint density at radius 1 is 1.10 bits per heavy atom. The SMILES string of the molecule is CCCCOc1ccc(/C=C(\C#N)C(=O)c2c(C)[nH]c(C)c2C(=O)OCC)cc1. The fraction of sp³-hybridized carbons (Fsp3) is 0.348. The lowest BCUT2D eigenvalue weighted by Crippen LogP contribution is -2.13. The van der Waals surface area contributed by atoms with Crippen LogP contribution in [0.1, 0.15) is 64.4 Å². The third-order valence-corrected chi connectivity index (χ3v) is 4.40. The predicted molar refractivity (Wildman–Crippen MR) is 111 cm³/mol. The van der Waals surface area contributed by atoms with Crippen LogP contribution < -0.4 is 4.74 Å². The molecule has 0 spiro atoms. The smallest absolute Gasteiger partial charge is 0.340 e. The van der Waals surface area contributed by atoms with Crippen molar-refractivity contribution in [1.29, 1.82) is 5.26 Å². The molecule has 0 amide bonds. The Morgan fingerprint density at radius 3 is 2.34 bits per heavy atom. The van der Waals surface area contributed by atoms with E-state index in [0.717, 1.165) is 18.6 Å². The number of allylic oxidation sites excluding steroid dienone is 1. The number of aromatic amines is 1. The van der Waals surface area contributed by atoms with Crippen molar-refractivity contribution in [3.05, 3.63) is 57.9 Å². The Kier molecular flexibility index (Phi) is 7.79. The largest absolute Gasteiger partial charge is 0.494 e. The summed E-state index contributed by atoms with van der Waals surface area (Å²) in [6.07, 6.45) is 3.54. The summed E-state index contributed by atoms with van der Waals surface area (Å²) in [7, 11) is 0. The highest BCUT2D eigenvalue weighted by Crippen LogP contribution is 2.24. The van der Waals surface area contributed by atoms with E-state index in [1.54, 1.807) is 45.0 Å². The number of carbonyl (C=O) groups is 2. The molecule has 0 aliphatic carbocycles. The maximum atomic E-state index is 13.0. The number of nitrogens with zero attached hydrogens (tertiary/aromatic N) is 1. The van der Waals surface area contributed by atoms with Gasteiger partial charge in [-0.15, -0.1) is 0 Å². The van der Waals surface area contributed by atoms with Gasteiger partial charge in [-0.3, -0.25) is 4.79 Å². The van der Waals surface area contributed by atoms with Gasteiger partial charge >= 0.3 is 5.97 Å². The minimum absolute atomic E-state index is 0.0581. The molecule has 0 aliphatic rings. The number of carbonyl (C=O) groups excluding carboxylic acids is 2. The first-order valence-electron chi connectivity index (χ1n) is 9.68. The highest BCUT2D eigenvalue weighted by molar-refractivity contribution is 6.19. The molecule has 1 heterocycles. The number of hydrogen-bond acceptors (Lipinski definition) is 5. The van der Waals surface area contributed by atoms with Crippen molar-refractivity contribution in [1.82, 2.24) is 4.98 Å². The van der Waals surface area contributed by atoms with Crippen molar-refractivity contribution >= 4 is 17.8 Å². The van der Waals surface area contributed by atoms with E-state index in [4.69, 9.17) is 9.47 Å². The van der Waals surface area contributed by atoms with Gasteiger partial charge in [0.05, 0.1) is 24.3 Å². The Balaban J connectivity index is 2.32. The van der Waals surface area contributed by atoms with E-state index in [0.29, 0.717) is 23.6 Å². The van der Waals surface area contributed by atoms with Crippen LogP contribution in [0.25, 0.3) is 6.08 Å². The monoisotopic (exact) mass is 394 g/mol. The van der Waals surface area contributed by atoms with Crippen LogP contribution in [0.15, 0.2) is 29.8 Å². The van der Waals surface area contributed by atoms with Crippen molar-refractivity contribution in [2.24, 2.45) is 0 Å². The Labute approximate surface area is 171 Å². The summed E-state index contributed by atoms with van der Waals surface area (Å²) in [5, 5.41) is 9.56. The van der Waals surface area contributed by atoms with Gasteiger partial charge in [-0.1, -0.05) is 25.5 Å². The number of Topliss-reactive ketones (excluding diaryl/α,β-unsaturated/α-hetero) is 1. The Hall–Kier alpha value is -3.33. The molecule has 6 heteroatoms. The molecule has 0 radical (unpaired) electrons. The molecule has 2 aromatic rings. The molecule has 0 aliphatic heterocycles. The van der Waals surface area contributed by atoms with Gasteiger partial charge in [-0.2, -0.15) is 5.26 Å². The number of ketones is 1. The van der Waals surface area contributed by atoms with Crippen molar-refractivity contribution in [2.75, 3.05) is 13.2 Å². The Morgan fingerprint density at radius 2 is 1.76 bits per heavy atom. The number of benzene rings is 1. The topological polar surface area (TPSA) is 92.2 Å². The first-order valence-corrected chi connectivity index (χ1v) is 9.68. The van der Waals surface area contributed by atoms with Gasteiger partial charge in [-0.25, -0.2) is 4.79 Å². The third kappa shape index (κ3) is 5.35. The number of aryl methyl sites for hydroxylation is 2. The summed E-state index contributed by atoms with van der Waals surface area (Å²) in [5.41, 5.74) is 2.05. The fourth-order valence-electron chi connectivity index (χ4n) is 2.97. The molecular formula is C23H26N2O4. The minimum Gasteiger partial charge on any atom is -0.494 e. The Bertz CT molecular complexity index is 946. The summed E-state index contributed by atoms with van der Waals surface area (Å²) in [5.74, 6) is -0.355. The molecule has 1 N–H and O–H groups in total.